The summed E-state index contributed by atoms with van der Waals surface area (Å²) in [5, 5.41) is 0. The molecule has 1 unspecified atom stereocenters. The van der Waals surface area contributed by atoms with E-state index < -0.39 is 0 Å². The predicted octanol–water partition coefficient (Wildman–Crippen LogP) is 10.4. The summed E-state index contributed by atoms with van der Waals surface area (Å²) in [6, 6.07) is 0. The van der Waals surface area contributed by atoms with Gasteiger partial charge in [-0.3, -0.25) is 0 Å². The highest BCUT2D eigenvalue weighted by Gasteiger charge is 2.24. The maximum atomic E-state index is 4.38. The van der Waals surface area contributed by atoms with Gasteiger partial charge >= 0.3 is 0 Å². The van der Waals surface area contributed by atoms with Crippen LogP contribution in [0.15, 0.2) is 47.4 Å². The van der Waals surface area contributed by atoms with Gasteiger partial charge in [-0.05, 0) is 56.6 Å². The molecule has 0 N–H and O–H groups in total. The van der Waals surface area contributed by atoms with E-state index in [1.54, 1.807) is 6.08 Å². The number of thiol groups is 1. The SMILES string of the molecule is C=C(S)/C(C)=C(\C=C/C)C(C)C1CCCC1.C=CC.CC.CC.CC.CC. The lowest BCUT2D eigenvalue weighted by Crippen LogP contribution is -2.11. The molecule has 1 atom stereocenters. The van der Waals surface area contributed by atoms with Crippen molar-refractivity contribution in [2.45, 2.75) is 109 Å². The van der Waals surface area contributed by atoms with Crippen LogP contribution in [0.1, 0.15) is 109 Å². The molecule has 1 rings (SSSR count). The van der Waals surface area contributed by atoms with Crippen LogP contribution in [-0.4, -0.2) is 0 Å². The zero-order valence-electron chi connectivity index (χ0n) is 21.1. The fourth-order valence-corrected chi connectivity index (χ4v) is 2.80. The fraction of sp³-hybridized carbons (Fsp3) is 0.692. The van der Waals surface area contributed by atoms with Crippen molar-refractivity contribution in [3.63, 3.8) is 0 Å². The van der Waals surface area contributed by atoms with Crippen molar-refractivity contribution in [3.05, 3.63) is 47.4 Å². The molecule has 0 radical (unpaired) electrons. The molecule has 0 bridgehead atoms. The van der Waals surface area contributed by atoms with Crippen molar-refractivity contribution in [3.8, 4) is 0 Å². The molecule has 1 fully saturated rings. The minimum absolute atomic E-state index is 0.641. The third-order valence-electron chi connectivity index (χ3n) is 3.81. The molecule has 0 aromatic heterocycles. The molecule has 164 valence electrons. The third-order valence-corrected chi connectivity index (χ3v) is 4.15. The molecule has 27 heavy (non-hydrogen) atoms. The van der Waals surface area contributed by atoms with Gasteiger partial charge in [0.1, 0.15) is 0 Å². The Hall–Kier alpha value is -0.690. The molecule has 0 aliphatic heterocycles. The Kier molecular flexibility index (Phi) is 45.3. The lowest BCUT2D eigenvalue weighted by Gasteiger charge is -2.22. The van der Waals surface area contributed by atoms with Gasteiger partial charge in [0.25, 0.3) is 0 Å². The minimum atomic E-state index is 0.641. The van der Waals surface area contributed by atoms with Crippen LogP contribution in [0.2, 0.25) is 0 Å². The minimum Gasteiger partial charge on any atom is -0.144 e. The average Bonchev–Trinajstić information content (AvgIpc) is 3.27. The van der Waals surface area contributed by atoms with E-state index in [1.165, 1.54) is 36.8 Å². The van der Waals surface area contributed by atoms with E-state index in [9.17, 15) is 0 Å². The summed E-state index contributed by atoms with van der Waals surface area (Å²) in [6.07, 6.45) is 11.7. The Bertz CT molecular complexity index is 341. The summed E-state index contributed by atoms with van der Waals surface area (Å²) in [5.74, 6) is 1.50. The number of rotatable bonds is 4. The van der Waals surface area contributed by atoms with Gasteiger partial charge in [0.2, 0.25) is 0 Å². The van der Waals surface area contributed by atoms with Gasteiger partial charge in [0, 0.05) is 4.91 Å². The smallest absolute Gasteiger partial charge is 0.0000103 e. The first-order valence-corrected chi connectivity index (χ1v) is 11.7. The van der Waals surface area contributed by atoms with Gasteiger partial charge in [-0.2, -0.15) is 0 Å². The third kappa shape index (κ3) is 21.5. The molecule has 0 nitrogen and oxygen atoms in total. The summed E-state index contributed by atoms with van der Waals surface area (Å²) < 4.78 is 0. The maximum Gasteiger partial charge on any atom is 0.0000103 e. The van der Waals surface area contributed by atoms with E-state index in [1.807, 2.05) is 62.3 Å². The van der Waals surface area contributed by atoms with Gasteiger partial charge in [-0.1, -0.05) is 100.0 Å². The van der Waals surface area contributed by atoms with Crippen molar-refractivity contribution >= 4 is 12.6 Å². The summed E-state index contributed by atoms with van der Waals surface area (Å²) in [6.45, 7) is 31.8. The highest BCUT2D eigenvalue weighted by molar-refractivity contribution is 7.84. The molecule has 0 aromatic rings. The summed E-state index contributed by atoms with van der Waals surface area (Å²) in [4.78, 5) is 0.901. The Balaban J connectivity index is -0.000000125. The second kappa shape index (κ2) is 32.9. The van der Waals surface area contributed by atoms with Crippen LogP contribution in [-0.2, 0) is 0 Å². The number of hydrogen-bond acceptors (Lipinski definition) is 1. The largest absolute Gasteiger partial charge is 0.144 e. The highest BCUT2D eigenvalue weighted by Crippen LogP contribution is 2.37. The maximum absolute atomic E-state index is 4.38. The second-order valence-corrected chi connectivity index (χ2v) is 5.81. The average molecular weight is 399 g/mol. The van der Waals surface area contributed by atoms with Crippen LogP contribution in [0.5, 0.6) is 0 Å². The Morgan fingerprint density at radius 3 is 1.52 bits per heavy atom. The topological polar surface area (TPSA) is 0 Å². The van der Waals surface area contributed by atoms with Gasteiger partial charge in [-0.25, -0.2) is 0 Å². The monoisotopic (exact) mass is 398 g/mol. The Morgan fingerprint density at radius 1 is 0.926 bits per heavy atom. The fourth-order valence-electron chi connectivity index (χ4n) is 2.68. The van der Waals surface area contributed by atoms with Crippen LogP contribution < -0.4 is 0 Å². The number of hydrogen-bond donors (Lipinski definition) is 1. The van der Waals surface area contributed by atoms with Crippen molar-refractivity contribution in [2.75, 3.05) is 0 Å². The first-order chi connectivity index (χ1) is 13.0. The van der Waals surface area contributed by atoms with E-state index in [4.69, 9.17) is 0 Å². The molecule has 0 heterocycles. The molecule has 1 heteroatoms. The van der Waals surface area contributed by atoms with Gasteiger partial charge in [0.15, 0.2) is 0 Å². The van der Waals surface area contributed by atoms with E-state index >= 15 is 0 Å². The lowest BCUT2D eigenvalue weighted by molar-refractivity contribution is 0.420. The second-order valence-electron chi connectivity index (χ2n) is 5.27. The van der Waals surface area contributed by atoms with E-state index in [0.29, 0.717) is 5.92 Å². The van der Waals surface area contributed by atoms with Gasteiger partial charge in [0.05, 0.1) is 0 Å². The quantitative estimate of drug-likeness (QED) is 0.271. The Morgan fingerprint density at radius 2 is 1.26 bits per heavy atom. The molecule has 0 saturated heterocycles. The zero-order chi connectivity index (χ0) is 22.8. The van der Waals surface area contributed by atoms with E-state index in [2.05, 4.69) is 58.7 Å². The zero-order valence-corrected chi connectivity index (χ0v) is 22.0. The molecule has 0 aromatic carbocycles. The highest BCUT2D eigenvalue weighted by atomic mass is 32.1. The van der Waals surface area contributed by atoms with Crippen LogP contribution in [0.25, 0.3) is 0 Å². The van der Waals surface area contributed by atoms with Gasteiger partial charge < -0.3 is 0 Å². The standard InChI is InChI=1S/C15H24S.C3H6.4C2H6/c1-5-8-15(11(2)13(4)16)12(3)14-9-6-7-10-14;1-3-2;4*1-2/h5,8,12,14,16H,4,6-7,9-10H2,1-3H3;3H,1H2,2H3;4*1-2H3/b8-5-,15-11+;;;;;. The van der Waals surface area contributed by atoms with E-state index in [0.717, 1.165) is 10.8 Å². The summed E-state index contributed by atoms with van der Waals surface area (Å²) in [7, 11) is 0. The van der Waals surface area contributed by atoms with Crippen molar-refractivity contribution < 1.29 is 0 Å². The van der Waals surface area contributed by atoms with E-state index in [-0.39, 0.29) is 0 Å². The molecule has 0 amide bonds. The predicted molar refractivity (Wildman–Crippen MR) is 138 cm³/mol. The first kappa shape index (κ1) is 37.1. The molecule has 0 spiro atoms. The first-order valence-electron chi connectivity index (χ1n) is 11.3. The van der Waals surface area contributed by atoms with Crippen molar-refractivity contribution in [1.82, 2.24) is 0 Å². The van der Waals surface area contributed by atoms with Crippen LogP contribution in [0.3, 0.4) is 0 Å². The van der Waals surface area contributed by atoms with Gasteiger partial charge in [-0.15, -0.1) is 19.2 Å². The molecular formula is C26H54S. The van der Waals surface area contributed by atoms with Crippen LogP contribution in [0, 0.1) is 11.8 Å². The molecule has 1 aliphatic rings. The summed E-state index contributed by atoms with van der Waals surface area (Å²) in [5.41, 5.74) is 2.68. The Labute approximate surface area is 180 Å². The van der Waals surface area contributed by atoms with Crippen LogP contribution in [0.4, 0.5) is 0 Å². The lowest BCUT2D eigenvalue weighted by atomic mass is 9.83. The summed E-state index contributed by atoms with van der Waals surface area (Å²) >= 11 is 4.38. The van der Waals surface area contributed by atoms with Crippen LogP contribution >= 0.6 is 12.6 Å². The molecule has 1 saturated carbocycles. The molecule has 1 aliphatic carbocycles. The van der Waals surface area contributed by atoms with Crippen molar-refractivity contribution in [1.29, 1.82) is 0 Å². The normalized spacial score (nSPS) is 14.0. The number of allylic oxidation sites excluding steroid dienone is 5. The molecular weight excluding hydrogens is 344 g/mol. The van der Waals surface area contributed by atoms with Crippen molar-refractivity contribution in [2.24, 2.45) is 11.8 Å².